The minimum absolute atomic E-state index is 0.145. The van der Waals surface area contributed by atoms with Crippen molar-refractivity contribution in [3.63, 3.8) is 0 Å². The molecule has 0 aliphatic rings. The molecule has 0 bridgehead atoms. The molecule has 19 heavy (non-hydrogen) atoms. The van der Waals surface area contributed by atoms with E-state index in [4.69, 9.17) is 16.3 Å². The normalized spacial score (nSPS) is 12.5. The van der Waals surface area contributed by atoms with Crippen molar-refractivity contribution in [3.8, 4) is 5.75 Å². The number of hydrogen-bond acceptors (Lipinski definition) is 3. The predicted molar refractivity (Wildman–Crippen MR) is 69.6 cm³/mol. The largest absolute Gasteiger partial charge is 0.485 e. The van der Waals surface area contributed by atoms with Crippen molar-refractivity contribution in [1.29, 1.82) is 0 Å². The number of nitrogens with zero attached hydrogens (tertiary/aromatic N) is 2. The van der Waals surface area contributed by atoms with Gasteiger partial charge in [-0.1, -0.05) is 11.6 Å². The molecule has 1 aromatic carbocycles. The lowest BCUT2D eigenvalue weighted by molar-refractivity contribution is 0.189. The van der Waals surface area contributed by atoms with Gasteiger partial charge in [-0.3, -0.25) is 0 Å². The second-order valence-electron chi connectivity index (χ2n) is 4.20. The number of aliphatic hydroxyl groups excluding tert-OH is 1. The average Bonchev–Trinajstić information content (AvgIpc) is 2.67. The Bertz CT molecular complexity index is 584. The molecule has 0 amide bonds. The molecule has 2 aromatic rings. The first-order valence-corrected chi connectivity index (χ1v) is 6.13. The van der Waals surface area contributed by atoms with Crippen LogP contribution < -0.4 is 4.74 Å². The van der Waals surface area contributed by atoms with Gasteiger partial charge in [0.05, 0.1) is 12.3 Å². The number of ether oxygens (including phenoxy) is 1. The summed E-state index contributed by atoms with van der Waals surface area (Å²) < 4.78 is 20.4. The van der Waals surface area contributed by atoms with Gasteiger partial charge < -0.3 is 14.4 Å². The molecule has 6 heteroatoms. The lowest BCUT2D eigenvalue weighted by atomic mass is 10.1. The maximum Gasteiger partial charge on any atom is 0.147 e. The molecule has 1 aromatic heterocycles. The molecule has 0 spiro atoms. The molecular formula is C13H14ClFN2O2. The van der Waals surface area contributed by atoms with Crippen LogP contribution in [0.15, 0.2) is 24.4 Å². The Morgan fingerprint density at radius 1 is 1.53 bits per heavy atom. The van der Waals surface area contributed by atoms with Gasteiger partial charge in [0.2, 0.25) is 0 Å². The van der Waals surface area contributed by atoms with Gasteiger partial charge in [-0.25, -0.2) is 9.37 Å². The van der Waals surface area contributed by atoms with Crippen molar-refractivity contribution in [2.45, 2.75) is 19.6 Å². The highest BCUT2D eigenvalue weighted by atomic mass is 35.5. The maximum atomic E-state index is 13.2. The summed E-state index contributed by atoms with van der Waals surface area (Å²) in [5.74, 6) is 0.497. The topological polar surface area (TPSA) is 47.3 Å². The highest BCUT2D eigenvalue weighted by Gasteiger charge is 2.12. The van der Waals surface area contributed by atoms with E-state index in [9.17, 15) is 9.50 Å². The monoisotopic (exact) mass is 284 g/mol. The number of halogens is 2. The van der Waals surface area contributed by atoms with Crippen LogP contribution >= 0.6 is 11.6 Å². The van der Waals surface area contributed by atoms with Crippen molar-refractivity contribution in [1.82, 2.24) is 9.55 Å². The lowest BCUT2D eigenvalue weighted by Crippen LogP contribution is -2.06. The number of aromatic nitrogens is 2. The number of hydrogen-bond donors (Lipinski definition) is 1. The van der Waals surface area contributed by atoms with Gasteiger partial charge in [0, 0.05) is 18.7 Å². The van der Waals surface area contributed by atoms with E-state index in [-0.39, 0.29) is 6.61 Å². The number of imidazole rings is 1. The van der Waals surface area contributed by atoms with Crippen LogP contribution in [0.25, 0.3) is 0 Å². The summed E-state index contributed by atoms with van der Waals surface area (Å²) in [6, 6.07) is 4.03. The first kappa shape index (κ1) is 13.8. The van der Waals surface area contributed by atoms with Crippen molar-refractivity contribution in [2.75, 3.05) is 0 Å². The third kappa shape index (κ3) is 3.05. The molecule has 0 saturated carbocycles. The molecule has 1 N–H and O–H groups in total. The summed E-state index contributed by atoms with van der Waals surface area (Å²) in [6.07, 6.45) is 0.780. The second kappa shape index (κ2) is 5.59. The third-order valence-electron chi connectivity index (χ3n) is 2.81. The summed E-state index contributed by atoms with van der Waals surface area (Å²) >= 11 is 5.86. The van der Waals surface area contributed by atoms with Crippen LogP contribution in [0.5, 0.6) is 5.75 Å². The van der Waals surface area contributed by atoms with Crippen LogP contribution in [0.4, 0.5) is 4.39 Å². The third-order valence-corrected chi connectivity index (χ3v) is 3.16. The van der Waals surface area contributed by atoms with E-state index in [1.54, 1.807) is 18.5 Å². The summed E-state index contributed by atoms with van der Waals surface area (Å²) in [4.78, 5) is 4.08. The molecule has 0 fully saturated rings. The second-order valence-corrected chi connectivity index (χ2v) is 4.59. The quantitative estimate of drug-likeness (QED) is 0.939. The molecule has 0 aliphatic heterocycles. The van der Waals surface area contributed by atoms with Crippen LogP contribution in [0.1, 0.15) is 24.4 Å². The fraction of sp³-hybridized carbons (Fsp3) is 0.308. The molecular weight excluding hydrogens is 271 g/mol. The van der Waals surface area contributed by atoms with Crippen molar-refractivity contribution in [2.24, 2.45) is 7.05 Å². The maximum absolute atomic E-state index is 13.2. The van der Waals surface area contributed by atoms with Gasteiger partial charge in [-0.15, -0.1) is 0 Å². The highest BCUT2D eigenvalue weighted by molar-refractivity contribution is 6.29. The molecule has 0 radical (unpaired) electrons. The van der Waals surface area contributed by atoms with E-state index in [1.165, 1.54) is 24.4 Å². The number of aliphatic hydroxyl groups is 1. The zero-order valence-electron chi connectivity index (χ0n) is 10.6. The average molecular weight is 285 g/mol. The minimum atomic E-state index is -0.736. The van der Waals surface area contributed by atoms with E-state index in [1.807, 2.05) is 0 Å². The summed E-state index contributed by atoms with van der Waals surface area (Å²) in [6.45, 7) is 1.74. The van der Waals surface area contributed by atoms with Crippen molar-refractivity contribution < 1.29 is 14.2 Å². The first-order chi connectivity index (χ1) is 8.99. The fourth-order valence-electron chi connectivity index (χ4n) is 1.68. The fourth-order valence-corrected chi connectivity index (χ4v) is 1.83. The minimum Gasteiger partial charge on any atom is -0.485 e. The highest BCUT2D eigenvalue weighted by Crippen LogP contribution is 2.26. The zero-order chi connectivity index (χ0) is 14.0. The lowest BCUT2D eigenvalue weighted by Gasteiger charge is -2.13. The van der Waals surface area contributed by atoms with E-state index >= 15 is 0 Å². The van der Waals surface area contributed by atoms with E-state index < -0.39 is 11.9 Å². The molecule has 4 nitrogen and oxygen atoms in total. The van der Waals surface area contributed by atoms with E-state index in [2.05, 4.69) is 4.98 Å². The molecule has 0 unspecified atom stereocenters. The van der Waals surface area contributed by atoms with Gasteiger partial charge >= 0.3 is 0 Å². The predicted octanol–water partition coefficient (Wildman–Crippen LogP) is 2.84. The standard InChI is InChI=1S/C13H14ClFN2O2/c1-8(18)10-4-3-9(15)5-11(10)19-7-13-16-6-12(14)17(13)2/h3-6,8,18H,7H2,1-2H3/t8-/m1/s1. The molecule has 1 heterocycles. The Kier molecular flexibility index (Phi) is 4.07. The Balaban J connectivity index is 2.19. The van der Waals surface area contributed by atoms with Gasteiger partial charge in [0.15, 0.2) is 0 Å². The van der Waals surface area contributed by atoms with Crippen LogP contribution in [0.2, 0.25) is 5.15 Å². The van der Waals surface area contributed by atoms with Crippen LogP contribution in [-0.2, 0) is 13.7 Å². The Hall–Kier alpha value is -1.59. The van der Waals surface area contributed by atoms with Gasteiger partial charge in [0.25, 0.3) is 0 Å². The molecule has 0 saturated heterocycles. The number of rotatable bonds is 4. The van der Waals surface area contributed by atoms with Crippen molar-refractivity contribution >= 4 is 11.6 Å². The molecule has 1 atom stereocenters. The zero-order valence-corrected chi connectivity index (χ0v) is 11.4. The van der Waals surface area contributed by atoms with Gasteiger partial charge in [-0.2, -0.15) is 0 Å². The smallest absolute Gasteiger partial charge is 0.147 e. The van der Waals surface area contributed by atoms with E-state index in [0.717, 1.165) is 0 Å². The summed E-state index contributed by atoms with van der Waals surface area (Å²) in [7, 11) is 1.76. The molecule has 0 aliphatic carbocycles. The SMILES string of the molecule is C[C@@H](O)c1ccc(F)cc1OCc1ncc(Cl)n1C. The first-order valence-electron chi connectivity index (χ1n) is 5.75. The Labute approximate surface area is 115 Å². The molecule has 2 rings (SSSR count). The van der Waals surface area contributed by atoms with Gasteiger partial charge in [0.1, 0.15) is 29.2 Å². The van der Waals surface area contributed by atoms with Crippen LogP contribution in [-0.4, -0.2) is 14.7 Å². The van der Waals surface area contributed by atoms with E-state index in [0.29, 0.717) is 22.3 Å². The Morgan fingerprint density at radius 3 is 2.84 bits per heavy atom. The Morgan fingerprint density at radius 2 is 2.26 bits per heavy atom. The van der Waals surface area contributed by atoms with Gasteiger partial charge in [-0.05, 0) is 19.1 Å². The number of benzene rings is 1. The van der Waals surface area contributed by atoms with Crippen LogP contribution in [0.3, 0.4) is 0 Å². The summed E-state index contributed by atoms with van der Waals surface area (Å²) in [5, 5.41) is 10.1. The van der Waals surface area contributed by atoms with Crippen LogP contribution in [0, 0.1) is 5.82 Å². The summed E-state index contributed by atoms with van der Waals surface area (Å²) in [5.41, 5.74) is 0.529. The molecule has 102 valence electrons. The van der Waals surface area contributed by atoms with Crippen molar-refractivity contribution in [3.05, 3.63) is 46.8 Å².